The van der Waals surface area contributed by atoms with Crippen molar-refractivity contribution in [1.29, 1.82) is 0 Å². The molecule has 0 saturated heterocycles. The van der Waals surface area contributed by atoms with Gasteiger partial charge in [-0.2, -0.15) is 0 Å². The molecule has 3 aromatic heterocycles. The number of fused-ring (bicyclic) bond motifs is 10. The summed E-state index contributed by atoms with van der Waals surface area (Å²) in [5, 5.41) is 11.8. The molecule has 0 amide bonds. The second-order valence-electron chi connectivity index (χ2n) is 19.2. The summed E-state index contributed by atoms with van der Waals surface area (Å²) in [7, 11) is 0. The first kappa shape index (κ1) is 41.8. The van der Waals surface area contributed by atoms with E-state index < -0.39 is 0 Å². The van der Waals surface area contributed by atoms with Gasteiger partial charge < -0.3 is 9.13 Å². The SMILES string of the molecule is c1ccc(-c2cccc(-c3ccc4c(-n5c6cc7ccccc7cc6c6c7ccccc7ccc65)ccc(-c5nc(-c6ccccc6)nc(-c6ccc7c(c6)c6ccccc6n7-c6ccccc6)n5)c4c3)c2)cc1. The molecule has 0 bridgehead atoms. The van der Waals surface area contributed by atoms with E-state index in [9.17, 15) is 0 Å². The molecule has 5 nitrogen and oxygen atoms in total. The van der Waals surface area contributed by atoms with Crippen LogP contribution in [-0.4, -0.2) is 24.1 Å². The molecule has 12 aromatic carbocycles. The summed E-state index contributed by atoms with van der Waals surface area (Å²) < 4.78 is 4.81. The van der Waals surface area contributed by atoms with Crippen molar-refractivity contribution in [3.63, 3.8) is 0 Å². The first-order chi connectivity index (χ1) is 36.7. The second-order valence-corrected chi connectivity index (χ2v) is 19.2. The van der Waals surface area contributed by atoms with Crippen molar-refractivity contribution in [1.82, 2.24) is 24.1 Å². The third kappa shape index (κ3) is 6.75. The molecule has 0 radical (unpaired) electrons. The van der Waals surface area contributed by atoms with Gasteiger partial charge in [0.15, 0.2) is 17.5 Å². The maximum absolute atomic E-state index is 5.48. The highest BCUT2D eigenvalue weighted by Gasteiger charge is 2.22. The molecule has 0 spiro atoms. The van der Waals surface area contributed by atoms with Crippen LogP contribution in [0, 0.1) is 0 Å². The Hall–Kier alpha value is -9.97. The van der Waals surface area contributed by atoms with Crippen molar-refractivity contribution < 1.29 is 0 Å². The van der Waals surface area contributed by atoms with E-state index in [4.69, 9.17) is 15.0 Å². The van der Waals surface area contributed by atoms with E-state index in [-0.39, 0.29) is 0 Å². The molecule has 15 aromatic rings. The second kappa shape index (κ2) is 16.8. The van der Waals surface area contributed by atoms with E-state index in [2.05, 4.69) is 252 Å². The van der Waals surface area contributed by atoms with Crippen LogP contribution >= 0.6 is 0 Å². The molecule has 0 saturated carbocycles. The zero-order valence-electron chi connectivity index (χ0n) is 40.1. The zero-order valence-corrected chi connectivity index (χ0v) is 40.1. The van der Waals surface area contributed by atoms with Crippen LogP contribution < -0.4 is 0 Å². The average molecular weight is 942 g/mol. The van der Waals surface area contributed by atoms with Gasteiger partial charge in [-0.05, 0) is 128 Å². The van der Waals surface area contributed by atoms with Crippen molar-refractivity contribution in [3.05, 3.63) is 261 Å². The van der Waals surface area contributed by atoms with Crippen molar-refractivity contribution in [2.45, 2.75) is 0 Å². The molecule has 0 aliphatic heterocycles. The highest BCUT2D eigenvalue weighted by Crippen LogP contribution is 2.43. The number of aromatic nitrogens is 5. The lowest BCUT2D eigenvalue weighted by atomic mass is 9.94. The summed E-state index contributed by atoms with van der Waals surface area (Å²) in [4.78, 5) is 16.1. The summed E-state index contributed by atoms with van der Waals surface area (Å²) in [6.45, 7) is 0. The average Bonchev–Trinajstić information content (AvgIpc) is 4.01. The van der Waals surface area contributed by atoms with Crippen molar-refractivity contribution >= 4 is 75.9 Å². The van der Waals surface area contributed by atoms with Gasteiger partial charge >= 0.3 is 0 Å². The van der Waals surface area contributed by atoms with Crippen LogP contribution in [0.2, 0.25) is 0 Å². The number of benzene rings is 12. The lowest BCUT2D eigenvalue weighted by Gasteiger charge is -2.17. The molecule has 0 fully saturated rings. The Balaban J connectivity index is 0.996. The van der Waals surface area contributed by atoms with Gasteiger partial charge in [-0.25, -0.2) is 15.0 Å². The molecule has 0 N–H and O–H groups in total. The fourth-order valence-electron chi connectivity index (χ4n) is 11.5. The standard InChI is InChI=1S/C69H43N5/c1-4-17-44(18-5-1)47-24-16-25-48(39-47)51-31-34-56-58(40-51)57(35-38-62(56)74-64-37-32-45-19-12-13-28-54(45)66(64)60-41-49-22-10-11-23-50(49)43-65(60)74)69-71-67(46-20-6-2-7-21-46)70-68(72-69)52-33-36-63-59(42-52)55-29-14-15-30-61(55)73(63)53-26-8-3-9-27-53/h1-43H. The maximum atomic E-state index is 5.48. The van der Waals surface area contributed by atoms with E-state index in [0.717, 1.165) is 77.4 Å². The summed E-state index contributed by atoms with van der Waals surface area (Å²) in [6.07, 6.45) is 0. The Morgan fingerprint density at radius 3 is 1.61 bits per heavy atom. The van der Waals surface area contributed by atoms with Gasteiger partial charge in [-0.3, -0.25) is 0 Å². The van der Waals surface area contributed by atoms with Crippen LogP contribution in [0.5, 0.6) is 0 Å². The highest BCUT2D eigenvalue weighted by molar-refractivity contribution is 6.24. The monoisotopic (exact) mass is 941 g/mol. The fourth-order valence-corrected chi connectivity index (χ4v) is 11.5. The molecule has 74 heavy (non-hydrogen) atoms. The summed E-state index contributed by atoms with van der Waals surface area (Å²) in [5.74, 6) is 1.83. The van der Waals surface area contributed by atoms with Gasteiger partial charge in [0.05, 0.1) is 27.8 Å². The smallest absolute Gasteiger partial charge is 0.164 e. The Labute approximate surface area is 426 Å². The molecular weight excluding hydrogens is 899 g/mol. The minimum absolute atomic E-state index is 0.603. The van der Waals surface area contributed by atoms with Crippen molar-refractivity contribution in [2.75, 3.05) is 0 Å². The molecule has 0 aliphatic rings. The first-order valence-electron chi connectivity index (χ1n) is 25.2. The number of hydrogen-bond donors (Lipinski definition) is 0. The quantitative estimate of drug-likeness (QED) is 0.160. The molecule has 5 heteroatoms. The van der Waals surface area contributed by atoms with Gasteiger partial charge in [-0.1, -0.05) is 182 Å². The van der Waals surface area contributed by atoms with E-state index in [1.54, 1.807) is 0 Å². The van der Waals surface area contributed by atoms with E-state index >= 15 is 0 Å². The van der Waals surface area contributed by atoms with E-state index in [1.807, 2.05) is 18.2 Å². The summed E-state index contributed by atoms with van der Waals surface area (Å²) in [5.41, 5.74) is 14.1. The van der Waals surface area contributed by atoms with E-state index in [0.29, 0.717) is 17.5 Å². The molecule has 3 heterocycles. The van der Waals surface area contributed by atoms with Crippen molar-refractivity contribution in [2.24, 2.45) is 0 Å². The third-order valence-corrected chi connectivity index (χ3v) is 14.9. The van der Waals surface area contributed by atoms with Crippen LogP contribution in [0.4, 0.5) is 0 Å². The van der Waals surface area contributed by atoms with Gasteiger partial charge in [0, 0.05) is 49.3 Å². The van der Waals surface area contributed by atoms with Gasteiger partial charge in [-0.15, -0.1) is 0 Å². The minimum Gasteiger partial charge on any atom is -0.309 e. The van der Waals surface area contributed by atoms with Crippen LogP contribution in [-0.2, 0) is 0 Å². The molecular formula is C69H43N5. The number of hydrogen-bond acceptors (Lipinski definition) is 3. The molecule has 15 rings (SSSR count). The number of rotatable bonds is 7. The Morgan fingerprint density at radius 1 is 0.243 bits per heavy atom. The first-order valence-corrected chi connectivity index (χ1v) is 25.2. The summed E-state index contributed by atoms with van der Waals surface area (Å²) >= 11 is 0. The zero-order chi connectivity index (χ0) is 48.7. The third-order valence-electron chi connectivity index (χ3n) is 14.9. The number of nitrogens with zero attached hydrogens (tertiary/aromatic N) is 5. The predicted octanol–water partition coefficient (Wildman–Crippen LogP) is 17.9. The molecule has 344 valence electrons. The lowest BCUT2D eigenvalue weighted by Crippen LogP contribution is -2.02. The maximum Gasteiger partial charge on any atom is 0.164 e. The largest absolute Gasteiger partial charge is 0.309 e. The number of para-hydroxylation sites is 2. The van der Waals surface area contributed by atoms with E-state index in [1.165, 1.54) is 48.8 Å². The van der Waals surface area contributed by atoms with Crippen LogP contribution in [0.3, 0.4) is 0 Å². The van der Waals surface area contributed by atoms with Gasteiger partial charge in [0.1, 0.15) is 0 Å². The molecule has 0 aliphatic carbocycles. The van der Waals surface area contributed by atoms with Gasteiger partial charge in [0.25, 0.3) is 0 Å². The van der Waals surface area contributed by atoms with Gasteiger partial charge in [0.2, 0.25) is 0 Å². The summed E-state index contributed by atoms with van der Waals surface area (Å²) in [6, 6.07) is 93.7. The van der Waals surface area contributed by atoms with Crippen LogP contribution in [0.15, 0.2) is 261 Å². The fraction of sp³-hybridized carbons (Fsp3) is 0. The Bertz CT molecular complexity index is 4710. The van der Waals surface area contributed by atoms with Crippen LogP contribution in [0.25, 0.3) is 144 Å². The normalized spacial score (nSPS) is 11.8. The highest BCUT2D eigenvalue weighted by atomic mass is 15.0. The van der Waals surface area contributed by atoms with Crippen LogP contribution in [0.1, 0.15) is 0 Å². The Morgan fingerprint density at radius 2 is 0.811 bits per heavy atom. The Kier molecular flexibility index (Phi) is 9.50. The molecule has 0 atom stereocenters. The molecule has 0 unspecified atom stereocenters. The predicted molar refractivity (Wildman–Crippen MR) is 308 cm³/mol. The van der Waals surface area contributed by atoms with Crippen molar-refractivity contribution in [3.8, 4) is 67.8 Å². The lowest BCUT2D eigenvalue weighted by molar-refractivity contribution is 1.08. The minimum atomic E-state index is 0.603. The topological polar surface area (TPSA) is 48.5 Å².